The second-order valence-corrected chi connectivity index (χ2v) is 2.39. The Hall–Kier alpha value is -1.24. The number of hydrogen-bond donors (Lipinski definition) is 0. The third kappa shape index (κ3) is 4.13. The lowest BCUT2D eigenvalue weighted by Crippen LogP contribution is -2.15. The van der Waals surface area contributed by atoms with Crippen molar-refractivity contribution in [1.82, 2.24) is 0 Å². The van der Waals surface area contributed by atoms with Crippen molar-refractivity contribution in [3.8, 4) is 0 Å². The topological polar surface area (TPSA) is 44.8 Å². The first-order chi connectivity index (χ1) is 6.47. The summed E-state index contributed by atoms with van der Waals surface area (Å²) < 4.78 is 48.1. The molecule has 80 valence electrons. The summed E-state index contributed by atoms with van der Waals surface area (Å²) in [4.78, 5) is 10.3. The number of hydrogen-bond acceptors (Lipinski definition) is 4. The van der Waals surface area contributed by atoms with Crippen LogP contribution in [0.1, 0.15) is 0 Å². The normalized spacial score (nSPS) is 22.5. The Labute approximate surface area is 77.2 Å². The average molecular weight is 212 g/mol. The third-order valence-electron chi connectivity index (χ3n) is 1.25. The molecule has 1 aliphatic heterocycles. The van der Waals surface area contributed by atoms with Gasteiger partial charge in [-0.2, -0.15) is 13.2 Å². The molecule has 0 bridgehead atoms. The van der Waals surface area contributed by atoms with Crippen LogP contribution in [0.4, 0.5) is 18.0 Å². The predicted octanol–water partition coefficient (Wildman–Crippen LogP) is 1.61. The van der Waals surface area contributed by atoms with Gasteiger partial charge < -0.3 is 14.2 Å². The molecule has 0 N–H and O–H groups in total. The van der Waals surface area contributed by atoms with Gasteiger partial charge in [0.1, 0.15) is 0 Å². The number of rotatable bonds is 3. The van der Waals surface area contributed by atoms with E-state index in [1.807, 2.05) is 0 Å². The van der Waals surface area contributed by atoms with Crippen LogP contribution in [0.15, 0.2) is 12.2 Å². The Kier molecular flexibility index (Phi) is 3.34. The maximum absolute atomic E-state index is 11.6. The van der Waals surface area contributed by atoms with Crippen molar-refractivity contribution in [1.29, 1.82) is 0 Å². The van der Waals surface area contributed by atoms with E-state index in [1.165, 1.54) is 0 Å². The molecular weight excluding hydrogens is 205 g/mol. The van der Waals surface area contributed by atoms with Gasteiger partial charge in [0.25, 0.3) is 0 Å². The fraction of sp³-hybridized carbons (Fsp3) is 0.571. The van der Waals surface area contributed by atoms with Crippen molar-refractivity contribution in [3.63, 3.8) is 0 Å². The van der Waals surface area contributed by atoms with Crippen molar-refractivity contribution in [2.75, 3.05) is 13.2 Å². The summed E-state index contributed by atoms with van der Waals surface area (Å²) in [5.74, 6) is 0. The van der Waals surface area contributed by atoms with Crippen molar-refractivity contribution in [2.45, 2.75) is 12.5 Å². The predicted molar refractivity (Wildman–Crippen MR) is 37.4 cm³/mol. The van der Waals surface area contributed by atoms with Gasteiger partial charge in [-0.25, -0.2) is 4.79 Å². The lowest BCUT2D eigenvalue weighted by molar-refractivity contribution is -0.0838. The number of carbonyl (C=O) groups excluding carboxylic acids is 1. The fourth-order valence-corrected chi connectivity index (χ4v) is 0.738. The molecule has 0 aliphatic carbocycles. The molecule has 1 atom stereocenters. The highest BCUT2D eigenvalue weighted by molar-refractivity contribution is 5.61. The molecule has 7 heteroatoms. The van der Waals surface area contributed by atoms with Gasteiger partial charge in [0.05, 0.1) is 6.61 Å². The van der Waals surface area contributed by atoms with Crippen LogP contribution in [0.5, 0.6) is 0 Å². The van der Waals surface area contributed by atoms with Gasteiger partial charge >= 0.3 is 12.3 Å². The lowest BCUT2D eigenvalue weighted by atomic mass is 10.5. The molecule has 0 aromatic carbocycles. The van der Waals surface area contributed by atoms with E-state index in [0.29, 0.717) is 0 Å². The molecule has 1 unspecified atom stereocenters. The van der Waals surface area contributed by atoms with Crippen LogP contribution in [-0.2, 0) is 14.2 Å². The minimum absolute atomic E-state index is 0.0463. The summed E-state index contributed by atoms with van der Waals surface area (Å²) in [5.41, 5.74) is 0. The van der Waals surface area contributed by atoms with Gasteiger partial charge in [0.15, 0.2) is 6.61 Å². The van der Waals surface area contributed by atoms with Crippen LogP contribution in [0.2, 0.25) is 0 Å². The molecule has 1 rings (SSSR count). The van der Waals surface area contributed by atoms with Gasteiger partial charge in [-0.3, -0.25) is 0 Å². The largest absolute Gasteiger partial charge is 0.510 e. The third-order valence-corrected chi connectivity index (χ3v) is 1.25. The summed E-state index contributed by atoms with van der Waals surface area (Å²) in [7, 11) is 0. The lowest BCUT2D eigenvalue weighted by Gasteiger charge is -2.05. The molecule has 1 saturated heterocycles. The molecule has 1 fully saturated rings. The summed E-state index contributed by atoms with van der Waals surface area (Å²) in [5, 5.41) is 0. The van der Waals surface area contributed by atoms with Gasteiger partial charge in [-0.1, -0.05) is 6.08 Å². The summed E-state index contributed by atoms with van der Waals surface area (Å²) in [6.07, 6.45) is -5.32. The summed E-state index contributed by atoms with van der Waals surface area (Å²) in [6.45, 7) is -0.389. The van der Waals surface area contributed by atoms with Gasteiger partial charge in [0, 0.05) is 6.08 Å². The molecule has 14 heavy (non-hydrogen) atoms. The number of cyclic esters (lactones) is 2. The van der Waals surface area contributed by atoms with Crippen LogP contribution in [-0.4, -0.2) is 31.8 Å². The smallest absolute Gasteiger partial charge is 0.428 e. The highest BCUT2D eigenvalue weighted by atomic mass is 19.4. The van der Waals surface area contributed by atoms with Crippen LogP contribution in [0, 0.1) is 0 Å². The Morgan fingerprint density at radius 1 is 1.57 bits per heavy atom. The maximum Gasteiger partial charge on any atom is 0.510 e. The molecule has 0 radical (unpaired) electrons. The Morgan fingerprint density at radius 3 is 2.79 bits per heavy atom. The molecular formula is C7H7F3O4. The molecule has 1 aliphatic rings. The van der Waals surface area contributed by atoms with E-state index in [4.69, 9.17) is 4.74 Å². The monoisotopic (exact) mass is 212 g/mol. The highest BCUT2D eigenvalue weighted by Crippen LogP contribution is 2.15. The van der Waals surface area contributed by atoms with E-state index < -0.39 is 18.6 Å². The molecule has 1 heterocycles. The minimum Gasteiger partial charge on any atom is -0.428 e. The van der Waals surface area contributed by atoms with Crippen molar-refractivity contribution in [3.05, 3.63) is 12.2 Å². The van der Waals surface area contributed by atoms with Gasteiger partial charge in [0.2, 0.25) is 6.29 Å². The van der Waals surface area contributed by atoms with Crippen molar-refractivity contribution in [2.24, 2.45) is 0 Å². The second kappa shape index (κ2) is 4.32. The Morgan fingerprint density at radius 2 is 2.29 bits per heavy atom. The molecule has 0 amide bonds. The number of alkyl halides is 3. The van der Waals surface area contributed by atoms with Crippen molar-refractivity contribution >= 4 is 6.16 Å². The first kappa shape index (κ1) is 10.8. The molecule has 0 aromatic heterocycles. The van der Waals surface area contributed by atoms with E-state index >= 15 is 0 Å². The second-order valence-electron chi connectivity index (χ2n) is 2.39. The van der Waals surface area contributed by atoms with Crippen LogP contribution in [0.25, 0.3) is 0 Å². The zero-order valence-corrected chi connectivity index (χ0v) is 6.91. The van der Waals surface area contributed by atoms with E-state index in [-0.39, 0.29) is 19.3 Å². The Bertz CT molecular complexity index is 236. The van der Waals surface area contributed by atoms with Crippen molar-refractivity contribution < 1.29 is 32.2 Å². The zero-order valence-electron chi connectivity index (χ0n) is 6.91. The Balaban J connectivity index is 2.16. The summed E-state index contributed by atoms with van der Waals surface area (Å²) in [6, 6.07) is 0. The summed E-state index contributed by atoms with van der Waals surface area (Å²) >= 11 is 0. The van der Waals surface area contributed by atoms with E-state index in [0.717, 1.165) is 6.08 Å². The van der Waals surface area contributed by atoms with Gasteiger partial charge in [-0.15, -0.1) is 0 Å². The number of halogens is 3. The maximum atomic E-state index is 11.6. The zero-order chi connectivity index (χ0) is 10.6. The first-order valence-corrected chi connectivity index (χ1v) is 3.67. The van der Waals surface area contributed by atoms with Gasteiger partial charge in [-0.05, 0) is 0 Å². The standard InChI is InChI=1S/C7H7F3O4/c8-7(9,10)2-1-3-12-5-4-13-6(11)14-5/h1-2,5H,3-4H2/b2-1+. The van der Waals surface area contributed by atoms with E-state index in [9.17, 15) is 18.0 Å². The van der Waals surface area contributed by atoms with Crippen LogP contribution < -0.4 is 0 Å². The number of ether oxygens (including phenoxy) is 3. The van der Waals surface area contributed by atoms with Crippen LogP contribution >= 0.6 is 0 Å². The average Bonchev–Trinajstić information content (AvgIpc) is 2.44. The molecule has 0 saturated carbocycles. The SMILES string of the molecule is O=C1OCC(OC/C=C/C(F)(F)F)O1. The van der Waals surface area contributed by atoms with Crippen LogP contribution in [0.3, 0.4) is 0 Å². The fourth-order valence-electron chi connectivity index (χ4n) is 0.738. The molecule has 0 spiro atoms. The quantitative estimate of drug-likeness (QED) is 0.526. The molecule has 4 nitrogen and oxygen atoms in total. The first-order valence-electron chi connectivity index (χ1n) is 3.67. The number of allylic oxidation sites excluding steroid dienone is 1. The van der Waals surface area contributed by atoms with E-state index in [2.05, 4.69) is 9.47 Å². The highest BCUT2D eigenvalue weighted by Gasteiger charge is 2.25. The molecule has 0 aromatic rings. The minimum atomic E-state index is -4.35. The number of carbonyl (C=O) groups is 1. The van der Waals surface area contributed by atoms with E-state index in [1.54, 1.807) is 0 Å².